The molecule has 4 rings (SSSR count). The summed E-state index contributed by atoms with van der Waals surface area (Å²) in [5, 5.41) is 25.3. The lowest BCUT2D eigenvalue weighted by molar-refractivity contribution is 0.0697. The van der Waals surface area contributed by atoms with E-state index in [9.17, 15) is 15.0 Å². The zero-order chi connectivity index (χ0) is 22.0. The molecule has 0 atom stereocenters. The molecular weight excluding hydrogens is 430 g/mol. The van der Waals surface area contributed by atoms with Crippen molar-refractivity contribution in [1.29, 1.82) is 0 Å². The summed E-state index contributed by atoms with van der Waals surface area (Å²) in [6, 6.07) is 12.3. The highest BCUT2D eigenvalue weighted by Crippen LogP contribution is 2.36. The molecule has 0 bridgehead atoms. The number of carbonyl (C=O) groups is 1. The SMILES string of the molecule is CC(C)Cc1sc(Nc2cc(C(=O)O)c(-c3cccs3)cn2)nc1-c1cccc(O)c1. The summed E-state index contributed by atoms with van der Waals surface area (Å²) in [6.07, 6.45) is 2.42. The zero-order valence-corrected chi connectivity index (χ0v) is 18.6. The Balaban J connectivity index is 1.69. The van der Waals surface area contributed by atoms with Crippen LogP contribution in [0.5, 0.6) is 5.75 Å². The molecule has 4 aromatic rings. The third-order valence-corrected chi connectivity index (χ3v) is 6.46. The molecule has 3 N–H and O–H groups in total. The highest BCUT2D eigenvalue weighted by Gasteiger charge is 2.18. The lowest BCUT2D eigenvalue weighted by Gasteiger charge is -2.07. The van der Waals surface area contributed by atoms with Crippen LogP contribution >= 0.6 is 22.7 Å². The Morgan fingerprint density at radius 2 is 2.03 bits per heavy atom. The van der Waals surface area contributed by atoms with E-state index in [0.717, 1.165) is 27.4 Å². The van der Waals surface area contributed by atoms with Crippen molar-refractivity contribution >= 4 is 39.6 Å². The second-order valence-corrected chi connectivity index (χ2v) is 9.49. The number of carboxylic acid groups (broad SMARTS) is 1. The fraction of sp³-hybridized carbons (Fsp3) is 0.174. The quantitative estimate of drug-likeness (QED) is 0.306. The Hall–Kier alpha value is -3.23. The van der Waals surface area contributed by atoms with Gasteiger partial charge in [-0.3, -0.25) is 0 Å². The van der Waals surface area contributed by atoms with E-state index in [0.29, 0.717) is 22.4 Å². The van der Waals surface area contributed by atoms with Crippen molar-refractivity contribution in [2.75, 3.05) is 5.32 Å². The Labute approximate surface area is 187 Å². The van der Waals surface area contributed by atoms with E-state index in [-0.39, 0.29) is 11.3 Å². The molecule has 3 heterocycles. The van der Waals surface area contributed by atoms with Crippen LogP contribution in [0.2, 0.25) is 0 Å². The molecule has 3 aromatic heterocycles. The van der Waals surface area contributed by atoms with E-state index in [1.54, 1.807) is 24.4 Å². The van der Waals surface area contributed by atoms with E-state index in [2.05, 4.69) is 24.1 Å². The molecule has 0 aliphatic rings. The molecule has 0 spiro atoms. The van der Waals surface area contributed by atoms with Gasteiger partial charge in [-0.1, -0.05) is 32.0 Å². The topological polar surface area (TPSA) is 95.3 Å². The predicted octanol–water partition coefficient (Wildman–Crippen LogP) is 6.28. The number of nitrogens with one attached hydrogen (secondary N) is 1. The number of pyridine rings is 1. The summed E-state index contributed by atoms with van der Waals surface area (Å²) >= 11 is 2.98. The minimum absolute atomic E-state index is 0.187. The Bertz CT molecular complexity index is 1220. The number of anilines is 2. The predicted molar refractivity (Wildman–Crippen MR) is 126 cm³/mol. The third-order valence-electron chi connectivity index (χ3n) is 4.57. The van der Waals surface area contributed by atoms with Gasteiger partial charge in [0.05, 0.1) is 11.3 Å². The number of aromatic nitrogens is 2. The molecule has 158 valence electrons. The number of thiazole rings is 1. The molecule has 0 fully saturated rings. The first-order chi connectivity index (χ1) is 14.9. The standard InChI is InChI=1S/C23H21N3O3S2/c1-13(2)9-19-21(14-5-3-6-15(27)10-14)26-23(31-19)25-20-11-16(22(28)29)17(12-24-20)18-7-4-8-30-18/h3-8,10-13,27H,9H2,1-2H3,(H,28,29)(H,24,25,26). The average Bonchev–Trinajstić information content (AvgIpc) is 3.38. The van der Waals surface area contributed by atoms with Crippen LogP contribution in [0.1, 0.15) is 29.1 Å². The molecule has 0 saturated carbocycles. The largest absolute Gasteiger partial charge is 0.508 e. The summed E-state index contributed by atoms with van der Waals surface area (Å²) in [5.74, 6) is 0.0394. The van der Waals surface area contributed by atoms with Crippen molar-refractivity contribution in [3.63, 3.8) is 0 Å². The molecule has 8 heteroatoms. The van der Waals surface area contributed by atoms with Gasteiger partial charge in [-0.25, -0.2) is 14.8 Å². The van der Waals surface area contributed by atoms with Gasteiger partial charge in [0, 0.05) is 27.1 Å². The van der Waals surface area contributed by atoms with Crippen LogP contribution in [-0.2, 0) is 6.42 Å². The van der Waals surface area contributed by atoms with Gasteiger partial charge < -0.3 is 15.5 Å². The number of carboxylic acids is 1. The maximum atomic E-state index is 11.8. The van der Waals surface area contributed by atoms with E-state index >= 15 is 0 Å². The highest BCUT2D eigenvalue weighted by molar-refractivity contribution is 7.16. The first kappa shape index (κ1) is 21.0. The molecule has 0 saturated heterocycles. The van der Waals surface area contributed by atoms with Crippen LogP contribution in [0.25, 0.3) is 21.7 Å². The van der Waals surface area contributed by atoms with Gasteiger partial charge in [0.25, 0.3) is 0 Å². The fourth-order valence-corrected chi connectivity index (χ4v) is 5.18. The zero-order valence-electron chi connectivity index (χ0n) is 17.0. The normalized spacial score (nSPS) is 11.1. The molecule has 0 aliphatic carbocycles. The van der Waals surface area contributed by atoms with E-state index in [1.165, 1.54) is 28.7 Å². The number of aromatic hydroxyl groups is 1. The number of benzene rings is 1. The van der Waals surface area contributed by atoms with Gasteiger partial charge in [-0.05, 0) is 42.0 Å². The van der Waals surface area contributed by atoms with Crippen LogP contribution in [0, 0.1) is 5.92 Å². The van der Waals surface area contributed by atoms with Gasteiger partial charge in [-0.2, -0.15) is 0 Å². The van der Waals surface area contributed by atoms with Gasteiger partial charge in [0.1, 0.15) is 11.6 Å². The number of phenolic OH excluding ortho intramolecular Hbond substituents is 1. The van der Waals surface area contributed by atoms with Crippen LogP contribution in [0.4, 0.5) is 10.9 Å². The summed E-state index contributed by atoms with van der Waals surface area (Å²) in [5.41, 5.74) is 2.43. The van der Waals surface area contributed by atoms with Crippen LogP contribution in [0.15, 0.2) is 54.0 Å². The van der Waals surface area contributed by atoms with Crippen molar-refractivity contribution in [2.45, 2.75) is 20.3 Å². The summed E-state index contributed by atoms with van der Waals surface area (Å²) in [7, 11) is 0. The Morgan fingerprint density at radius 3 is 2.71 bits per heavy atom. The van der Waals surface area contributed by atoms with Gasteiger partial charge in [-0.15, -0.1) is 22.7 Å². The van der Waals surface area contributed by atoms with Gasteiger partial charge in [0.2, 0.25) is 0 Å². The molecule has 0 amide bonds. The maximum absolute atomic E-state index is 11.8. The van der Waals surface area contributed by atoms with Crippen LogP contribution in [0.3, 0.4) is 0 Å². The van der Waals surface area contributed by atoms with Crippen molar-refractivity contribution in [3.8, 4) is 27.4 Å². The molecule has 6 nitrogen and oxygen atoms in total. The number of hydrogen-bond donors (Lipinski definition) is 3. The second-order valence-electron chi connectivity index (χ2n) is 7.46. The molecule has 1 aromatic carbocycles. The molecule has 31 heavy (non-hydrogen) atoms. The van der Waals surface area contributed by atoms with E-state index < -0.39 is 5.97 Å². The van der Waals surface area contributed by atoms with Gasteiger partial charge >= 0.3 is 5.97 Å². The number of hydrogen-bond acceptors (Lipinski definition) is 7. The first-order valence-corrected chi connectivity index (χ1v) is 11.4. The smallest absolute Gasteiger partial charge is 0.336 e. The molecule has 0 aliphatic heterocycles. The van der Waals surface area contributed by atoms with Crippen molar-refractivity contribution in [3.05, 3.63) is 64.5 Å². The summed E-state index contributed by atoms with van der Waals surface area (Å²) in [6.45, 7) is 4.28. The molecule has 0 unspecified atom stereocenters. The number of nitrogens with zero attached hydrogens (tertiary/aromatic N) is 2. The summed E-state index contributed by atoms with van der Waals surface area (Å²) < 4.78 is 0. The number of rotatable bonds is 7. The molecule has 0 radical (unpaired) electrons. The maximum Gasteiger partial charge on any atom is 0.336 e. The fourth-order valence-electron chi connectivity index (χ4n) is 3.23. The second kappa shape index (κ2) is 8.87. The van der Waals surface area contributed by atoms with Crippen LogP contribution in [-0.4, -0.2) is 26.2 Å². The first-order valence-electron chi connectivity index (χ1n) is 9.74. The minimum Gasteiger partial charge on any atom is -0.508 e. The van der Waals surface area contributed by atoms with E-state index in [1.807, 2.05) is 23.6 Å². The van der Waals surface area contributed by atoms with Crippen molar-refractivity contribution < 1.29 is 15.0 Å². The minimum atomic E-state index is -1.01. The number of phenols is 1. The van der Waals surface area contributed by atoms with Crippen LogP contribution < -0.4 is 5.32 Å². The third kappa shape index (κ3) is 4.76. The van der Waals surface area contributed by atoms with Crippen molar-refractivity contribution in [1.82, 2.24) is 9.97 Å². The highest BCUT2D eigenvalue weighted by atomic mass is 32.1. The van der Waals surface area contributed by atoms with Crippen molar-refractivity contribution in [2.24, 2.45) is 5.92 Å². The lowest BCUT2D eigenvalue weighted by atomic mass is 10.0. The monoisotopic (exact) mass is 451 g/mol. The summed E-state index contributed by atoms with van der Waals surface area (Å²) in [4.78, 5) is 22.9. The Morgan fingerprint density at radius 1 is 1.19 bits per heavy atom. The number of thiophene rings is 1. The van der Waals surface area contributed by atoms with E-state index in [4.69, 9.17) is 4.98 Å². The van der Waals surface area contributed by atoms with Gasteiger partial charge in [0.15, 0.2) is 5.13 Å². The Kier molecular flexibility index (Phi) is 6.01. The average molecular weight is 452 g/mol. The number of aromatic carboxylic acids is 1. The molecular formula is C23H21N3O3S2. The lowest BCUT2D eigenvalue weighted by Crippen LogP contribution is -2.02.